The Morgan fingerprint density at radius 1 is 1.13 bits per heavy atom. The van der Waals surface area contributed by atoms with Crippen LogP contribution in [0.2, 0.25) is 0 Å². The molecule has 0 aliphatic heterocycles. The second-order valence-electron chi connectivity index (χ2n) is 4.83. The van der Waals surface area contributed by atoms with Gasteiger partial charge in [-0.2, -0.15) is 0 Å². The lowest BCUT2D eigenvalue weighted by Gasteiger charge is -2.02. The summed E-state index contributed by atoms with van der Waals surface area (Å²) < 4.78 is 5.25. The highest BCUT2D eigenvalue weighted by Gasteiger charge is 2.09. The number of esters is 1. The predicted molar refractivity (Wildman–Crippen MR) is 92.2 cm³/mol. The van der Waals surface area contributed by atoms with Gasteiger partial charge in [-0.1, -0.05) is 18.2 Å². The number of thiazole rings is 2. The number of nitrogens with zero attached hydrogens (tertiary/aromatic N) is 2. The van der Waals surface area contributed by atoms with Gasteiger partial charge in [-0.15, -0.1) is 22.7 Å². The van der Waals surface area contributed by atoms with Crippen molar-refractivity contribution < 1.29 is 9.53 Å². The van der Waals surface area contributed by atoms with Crippen LogP contribution < -0.4 is 5.32 Å². The van der Waals surface area contributed by atoms with E-state index in [0.717, 1.165) is 27.2 Å². The van der Waals surface area contributed by atoms with E-state index in [2.05, 4.69) is 15.3 Å². The van der Waals surface area contributed by atoms with E-state index in [1.165, 1.54) is 22.7 Å². The van der Waals surface area contributed by atoms with Crippen molar-refractivity contribution in [3.8, 4) is 0 Å². The van der Waals surface area contributed by atoms with Crippen LogP contribution in [0.3, 0.4) is 0 Å². The molecule has 0 atom stereocenters. The van der Waals surface area contributed by atoms with Gasteiger partial charge in [0.25, 0.3) is 0 Å². The van der Waals surface area contributed by atoms with Crippen molar-refractivity contribution in [2.75, 3.05) is 5.32 Å². The number of anilines is 2. The zero-order valence-electron chi connectivity index (χ0n) is 12.5. The minimum absolute atomic E-state index is 0.176. The summed E-state index contributed by atoms with van der Waals surface area (Å²) in [5, 5.41) is 8.69. The molecule has 3 aromatic rings. The van der Waals surface area contributed by atoms with Crippen LogP contribution in [0.4, 0.5) is 10.8 Å². The fraction of sp³-hybridized carbons (Fsp3) is 0.188. The third-order valence-electron chi connectivity index (χ3n) is 2.95. The van der Waals surface area contributed by atoms with E-state index in [1.807, 2.05) is 48.0 Å². The Morgan fingerprint density at radius 2 is 1.91 bits per heavy atom. The van der Waals surface area contributed by atoms with Crippen LogP contribution in [-0.2, 0) is 22.6 Å². The minimum atomic E-state index is -0.291. The molecule has 0 fully saturated rings. The molecule has 0 spiro atoms. The summed E-state index contributed by atoms with van der Waals surface area (Å²) >= 11 is 3.01. The van der Waals surface area contributed by atoms with Crippen LogP contribution in [0.25, 0.3) is 0 Å². The van der Waals surface area contributed by atoms with Crippen LogP contribution in [0.15, 0.2) is 41.1 Å². The number of carbonyl (C=O) groups excluding carboxylic acids is 1. The van der Waals surface area contributed by atoms with E-state index >= 15 is 0 Å². The predicted octanol–water partition coefficient (Wildman–Crippen LogP) is 3.94. The van der Waals surface area contributed by atoms with Crippen molar-refractivity contribution in [3.63, 3.8) is 0 Å². The Labute approximate surface area is 142 Å². The lowest BCUT2D eigenvalue weighted by molar-refractivity contribution is -0.144. The number of carbonyl (C=O) groups is 1. The smallest absolute Gasteiger partial charge is 0.312 e. The monoisotopic (exact) mass is 345 g/mol. The highest BCUT2D eigenvalue weighted by atomic mass is 32.1. The van der Waals surface area contributed by atoms with Gasteiger partial charge in [-0.25, -0.2) is 9.97 Å². The van der Waals surface area contributed by atoms with E-state index in [1.54, 1.807) is 0 Å². The maximum Gasteiger partial charge on any atom is 0.312 e. The molecular weight excluding hydrogens is 330 g/mol. The summed E-state index contributed by atoms with van der Waals surface area (Å²) in [4.78, 5) is 20.5. The van der Waals surface area contributed by atoms with Crippen molar-refractivity contribution in [2.24, 2.45) is 0 Å². The summed E-state index contributed by atoms with van der Waals surface area (Å²) in [6.07, 6.45) is 0.198. The van der Waals surface area contributed by atoms with E-state index < -0.39 is 0 Å². The van der Waals surface area contributed by atoms with Gasteiger partial charge in [0.05, 0.1) is 22.8 Å². The first kappa shape index (κ1) is 15.6. The third-order valence-corrected chi connectivity index (χ3v) is 4.58. The van der Waals surface area contributed by atoms with Gasteiger partial charge in [0.15, 0.2) is 5.13 Å². The van der Waals surface area contributed by atoms with Crippen LogP contribution in [0.1, 0.15) is 16.4 Å². The van der Waals surface area contributed by atoms with E-state index in [0.29, 0.717) is 0 Å². The van der Waals surface area contributed by atoms with Gasteiger partial charge in [0.1, 0.15) is 6.61 Å². The van der Waals surface area contributed by atoms with Crippen molar-refractivity contribution >= 4 is 39.5 Å². The molecule has 0 bridgehead atoms. The highest BCUT2D eigenvalue weighted by Crippen LogP contribution is 2.21. The Bertz CT molecular complexity index is 783. The number of aryl methyl sites for hydroxylation is 1. The lowest BCUT2D eigenvalue weighted by Crippen LogP contribution is -2.08. The number of benzene rings is 1. The Hall–Kier alpha value is -2.25. The normalized spacial score (nSPS) is 10.5. The summed E-state index contributed by atoms with van der Waals surface area (Å²) in [5.41, 5.74) is 2.46. The standard InChI is InChI=1S/C16H15N3O2S2/c1-11-17-13(9-22-11)7-15(20)21-8-14-10-23-16(19-14)18-12-5-3-2-4-6-12/h2-6,9-10H,7-8H2,1H3,(H,18,19). The molecule has 1 N–H and O–H groups in total. The van der Waals surface area contributed by atoms with E-state index in [4.69, 9.17) is 4.74 Å². The molecular formula is C16H15N3O2S2. The van der Waals surface area contributed by atoms with Gasteiger partial charge in [0, 0.05) is 16.4 Å². The molecule has 0 radical (unpaired) electrons. The highest BCUT2D eigenvalue weighted by molar-refractivity contribution is 7.13. The molecule has 7 heteroatoms. The Kier molecular flexibility index (Phi) is 4.99. The fourth-order valence-corrected chi connectivity index (χ4v) is 3.25. The first-order chi connectivity index (χ1) is 11.2. The first-order valence-electron chi connectivity index (χ1n) is 7.02. The van der Waals surface area contributed by atoms with Crippen molar-refractivity contribution in [3.05, 3.63) is 57.5 Å². The summed E-state index contributed by atoms with van der Waals surface area (Å²) in [7, 11) is 0. The number of aromatic nitrogens is 2. The number of ether oxygens (including phenoxy) is 1. The number of hydrogen-bond acceptors (Lipinski definition) is 7. The molecule has 5 nitrogen and oxygen atoms in total. The Morgan fingerprint density at radius 3 is 2.65 bits per heavy atom. The number of para-hydroxylation sites is 1. The lowest BCUT2D eigenvalue weighted by atomic mass is 10.3. The van der Waals surface area contributed by atoms with Crippen molar-refractivity contribution in [1.29, 1.82) is 0 Å². The van der Waals surface area contributed by atoms with Crippen molar-refractivity contribution in [2.45, 2.75) is 20.0 Å². The molecule has 23 heavy (non-hydrogen) atoms. The topological polar surface area (TPSA) is 64.1 Å². The van der Waals surface area contributed by atoms with E-state index in [9.17, 15) is 4.79 Å². The summed E-state index contributed by atoms with van der Waals surface area (Å²) in [6.45, 7) is 2.09. The number of rotatable bonds is 6. The molecule has 0 saturated heterocycles. The van der Waals surface area contributed by atoms with Gasteiger partial charge in [-0.3, -0.25) is 4.79 Å². The van der Waals surface area contributed by atoms with Gasteiger partial charge in [-0.05, 0) is 19.1 Å². The van der Waals surface area contributed by atoms with E-state index in [-0.39, 0.29) is 19.0 Å². The second kappa shape index (κ2) is 7.34. The SMILES string of the molecule is Cc1nc(CC(=O)OCc2csc(Nc3ccccc3)n2)cs1. The summed E-state index contributed by atoms with van der Waals surface area (Å²) in [6, 6.07) is 9.81. The molecule has 3 rings (SSSR count). The molecule has 0 aliphatic carbocycles. The summed E-state index contributed by atoms with van der Waals surface area (Å²) in [5.74, 6) is -0.291. The molecule has 0 saturated carbocycles. The first-order valence-corrected chi connectivity index (χ1v) is 8.78. The van der Waals surface area contributed by atoms with Crippen LogP contribution >= 0.6 is 22.7 Å². The number of hydrogen-bond donors (Lipinski definition) is 1. The fourth-order valence-electron chi connectivity index (χ4n) is 1.92. The molecule has 0 amide bonds. The molecule has 118 valence electrons. The quantitative estimate of drug-likeness (QED) is 0.686. The van der Waals surface area contributed by atoms with Crippen LogP contribution in [0.5, 0.6) is 0 Å². The maximum atomic E-state index is 11.8. The molecule has 0 aliphatic rings. The van der Waals surface area contributed by atoms with Crippen molar-refractivity contribution in [1.82, 2.24) is 9.97 Å². The minimum Gasteiger partial charge on any atom is -0.459 e. The average Bonchev–Trinajstić information content (AvgIpc) is 3.15. The van der Waals surface area contributed by atoms with Gasteiger partial charge >= 0.3 is 5.97 Å². The molecule has 1 aromatic carbocycles. The maximum absolute atomic E-state index is 11.8. The molecule has 2 aromatic heterocycles. The molecule has 0 unspecified atom stereocenters. The van der Waals surface area contributed by atoms with Crippen LogP contribution in [0, 0.1) is 6.92 Å². The Balaban J connectivity index is 1.50. The number of nitrogens with one attached hydrogen (secondary N) is 1. The van der Waals surface area contributed by atoms with Gasteiger partial charge in [0.2, 0.25) is 0 Å². The van der Waals surface area contributed by atoms with Gasteiger partial charge < -0.3 is 10.1 Å². The molecule has 2 heterocycles. The zero-order chi connectivity index (χ0) is 16.1. The van der Waals surface area contributed by atoms with Crippen LogP contribution in [-0.4, -0.2) is 15.9 Å². The second-order valence-corrected chi connectivity index (χ2v) is 6.75. The third kappa shape index (κ3) is 4.61. The zero-order valence-corrected chi connectivity index (χ0v) is 14.1. The largest absolute Gasteiger partial charge is 0.459 e. The average molecular weight is 345 g/mol.